The summed E-state index contributed by atoms with van der Waals surface area (Å²) < 4.78 is 11.8. The van der Waals surface area contributed by atoms with Crippen molar-refractivity contribution in [2.75, 3.05) is 6.61 Å². The van der Waals surface area contributed by atoms with Crippen LogP contribution in [0.25, 0.3) is 0 Å². The minimum atomic E-state index is -0.415. The maximum absolute atomic E-state index is 12.0. The molecule has 0 fully saturated rings. The lowest BCUT2D eigenvalue weighted by Gasteiger charge is -2.26. The van der Waals surface area contributed by atoms with Gasteiger partial charge in [-0.3, -0.25) is 0 Å². The molecule has 0 aliphatic carbocycles. The van der Waals surface area contributed by atoms with Gasteiger partial charge >= 0.3 is 6.09 Å². The summed E-state index contributed by atoms with van der Waals surface area (Å²) in [5.74, 6) is 0.808. The first-order valence-corrected chi connectivity index (χ1v) is 7.91. The first kappa shape index (κ1) is 14.9. The number of nitrogens with one attached hydrogen (secondary N) is 1. The normalized spacial score (nSPS) is 16.3. The third-order valence-electron chi connectivity index (χ3n) is 3.52. The van der Waals surface area contributed by atoms with Crippen LogP contribution in [0.1, 0.15) is 23.6 Å². The second kappa shape index (κ2) is 6.83. The molecule has 0 bridgehead atoms. The first-order chi connectivity index (χ1) is 10.7. The molecular weight excluding hydrogens is 346 g/mol. The monoisotopic (exact) mass is 361 g/mol. The summed E-state index contributed by atoms with van der Waals surface area (Å²) in [6.07, 6.45) is 0.311. The van der Waals surface area contributed by atoms with Crippen LogP contribution in [0.2, 0.25) is 0 Å². The quantitative estimate of drug-likeness (QED) is 0.890. The minimum Gasteiger partial charge on any atom is -0.493 e. The van der Waals surface area contributed by atoms with E-state index in [1.807, 2.05) is 48.5 Å². The molecule has 2 aromatic carbocycles. The fourth-order valence-corrected chi connectivity index (χ4v) is 2.80. The van der Waals surface area contributed by atoms with Crippen LogP contribution in [0.4, 0.5) is 4.79 Å². The Balaban J connectivity index is 1.62. The van der Waals surface area contributed by atoms with Gasteiger partial charge in [-0.05, 0) is 23.8 Å². The lowest BCUT2D eigenvalue weighted by atomic mass is 10.0. The van der Waals surface area contributed by atoms with Crippen LogP contribution in [0.15, 0.2) is 53.0 Å². The van der Waals surface area contributed by atoms with E-state index in [1.54, 1.807) is 0 Å². The molecule has 1 amide bonds. The average Bonchev–Trinajstić information content (AvgIpc) is 2.54. The molecule has 114 valence electrons. The van der Waals surface area contributed by atoms with Crippen LogP contribution >= 0.6 is 15.9 Å². The molecule has 0 radical (unpaired) electrons. The van der Waals surface area contributed by atoms with Gasteiger partial charge < -0.3 is 14.8 Å². The molecule has 5 heteroatoms. The first-order valence-electron chi connectivity index (χ1n) is 7.12. The van der Waals surface area contributed by atoms with Gasteiger partial charge in [0.1, 0.15) is 12.4 Å². The number of halogens is 1. The lowest BCUT2D eigenvalue weighted by molar-refractivity contribution is 0.131. The van der Waals surface area contributed by atoms with Crippen molar-refractivity contribution in [1.29, 1.82) is 0 Å². The van der Waals surface area contributed by atoms with E-state index in [2.05, 4.69) is 21.2 Å². The topological polar surface area (TPSA) is 47.6 Å². The molecule has 4 nitrogen and oxygen atoms in total. The fraction of sp³-hybridized carbons (Fsp3) is 0.235. The smallest absolute Gasteiger partial charge is 0.407 e. The van der Waals surface area contributed by atoms with Crippen LogP contribution in [0, 0.1) is 0 Å². The molecule has 1 aliphatic heterocycles. The van der Waals surface area contributed by atoms with Gasteiger partial charge in [0.25, 0.3) is 0 Å². The number of ether oxygens (including phenoxy) is 2. The number of hydrogen-bond acceptors (Lipinski definition) is 3. The molecular formula is C17H16BrNO3. The molecule has 0 spiro atoms. The molecule has 3 rings (SSSR count). The Kier molecular flexibility index (Phi) is 4.63. The van der Waals surface area contributed by atoms with E-state index in [-0.39, 0.29) is 12.6 Å². The van der Waals surface area contributed by atoms with Gasteiger partial charge in [-0.1, -0.05) is 46.3 Å². The Morgan fingerprint density at radius 1 is 1.27 bits per heavy atom. The van der Waals surface area contributed by atoms with Crippen LogP contribution < -0.4 is 10.1 Å². The van der Waals surface area contributed by atoms with Gasteiger partial charge in [-0.15, -0.1) is 0 Å². The standard InChI is InChI=1S/C17H16BrNO3/c18-13-6-7-16-14(10-13)15(8-9-21-16)19-17(20)22-11-12-4-2-1-3-5-12/h1-7,10,15H,8-9,11H2,(H,19,20)/t15-/m0/s1. The van der Waals surface area contributed by atoms with E-state index >= 15 is 0 Å². The van der Waals surface area contributed by atoms with E-state index in [9.17, 15) is 4.79 Å². The molecule has 0 unspecified atom stereocenters. The van der Waals surface area contributed by atoms with Crippen molar-refractivity contribution < 1.29 is 14.3 Å². The van der Waals surface area contributed by atoms with Crippen molar-refractivity contribution in [2.45, 2.75) is 19.1 Å². The molecule has 2 aromatic rings. The molecule has 1 N–H and O–H groups in total. The SMILES string of the molecule is O=C(N[C@H]1CCOc2ccc(Br)cc21)OCc1ccccc1. The maximum atomic E-state index is 12.0. The van der Waals surface area contributed by atoms with Crippen molar-refractivity contribution in [3.05, 3.63) is 64.1 Å². The minimum absolute atomic E-state index is 0.0930. The molecule has 1 heterocycles. The summed E-state index contributed by atoms with van der Waals surface area (Å²) in [5.41, 5.74) is 1.94. The van der Waals surface area contributed by atoms with Crippen LogP contribution in [0.3, 0.4) is 0 Å². The third-order valence-corrected chi connectivity index (χ3v) is 4.01. The van der Waals surface area contributed by atoms with E-state index < -0.39 is 6.09 Å². The van der Waals surface area contributed by atoms with Crippen LogP contribution in [0.5, 0.6) is 5.75 Å². The van der Waals surface area contributed by atoms with Crippen molar-refractivity contribution in [3.63, 3.8) is 0 Å². The predicted octanol–water partition coefficient (Wildman–Crippen LogP) is 4.20. The lowest BCUT2D eigenvalue weighted by Crippen LogP contribution is -2.32. The summed E-state index contributed by atoms with van der Waals surface area (Å²) in [6, 6.07) is 15.3. The highest BCUT2D eigenvalue weighted by molar-refractivity contribution is 9.10. The Bertz CT molecular complexity index is 660. The zero-order valence-corrected chi connectivity index (χ0v) is 13.5. The fourth-order valence-electron chi connectivity index (χ4n) is 2.42. The van der Waals surface area contributed by atoms with Crippen LogP contribution in [-0.2, 0) is 11.3 Å². The van der Waals surface area contributed by atoms with E-state index in [1.165, 1.54) is 0 Å². The Morgan fingerprint density at radius 3 is 2.91 bits per heavy atom. The second-order valence-electron chi connectivity index (χ2n) is 5.08. The van der Waals surface area contributed by atoms with Crippen molar-refractivity contribution in [2.24, 2.45) is 0 Å². The number of amides is 1. The zero-order chi connectivity index (χ0) is 15.4. The molecule has 1 aliphatic rings. The van der Waals surface area contributed by atoms with Gasteiger partial charge in [-0.25, -0.2) is 4.79 Å². The number of alkyl carbamates (subject to hydrolysis) is 1. The number of hydrogen-bond donors (Lipinski definition) is 1. The number of carbonyl (C=O) groups excluding carboxylic acids is 1. The highest BCUT2D eigenvalue weighted by Crippen LogP contribution is 2.34. The number of carbonyl (C=O) groups is 1. The highest BCUT2D eigenvalue weighted by atomic mass is 79.9. The van der Waals surface area contributed by atoms with Gasteiger partial charge in [-0.2, -0.15) is 0 Å². The van der Waals surface area contributed by atoms with Crippen molar-refractivity contribution in [1.82, 2.24) is 5.32 Å². The Hall–Kier alpha value is -2.01. The summed E-state index contributed by atoms with van der Waals surface area (Å²) in [4.78, 5) is 12.0. The zero-order valence-electron chi connectivity index (χ0n) is 11.9. The van der Waals surface area contributed by atoms with Gasteiger partial charge in [0.05, 0.1) is 12.6 Å². The molecule has 0 saturated carbocycles. The molecule has 0 aromatic heterocycles. The number of rotatable bonds is 3. The average molecular weight is 362 g/mol. The molecule has 22 heavy (non-hydrogen) atoms. The number of fused-ring (bicyclic) bond motifs is 1. The van der Waals surface area contributed by atoms with E-state index in [0.717, 1.165) is 27.8 Å². The summed E-state index contributed by atoms with van der Waals surface area (Å²) in [6.45, 7) is 0.847. The van der Waals surface area contributed by atoms with Crippen molar-refractivity contribution >= 4 is 22.0 Å². The third kappa shape index (κ3) is 3.60. The summed E-state index contributed by atoms with van der Waals surface area (Å²) >= 11 is 3.45. The van der Waals surface area contributed by atoms with Gasteiger partial charge in [0.2, 0.25) is 0 Å². The van der Waals surface area contributed by atoms with Gasteiger partial charge in [0.15, 0.2) is 0 Å². The van der Waals surface area contributed by atoms with Gasteiger partial charge in [0, 0.05) is 16.5 Å². The van der Waals surface area contributed by atoms with E-state index in [0.29, 0.717) is 6.61 Å². The largest absolute Gasteiger partial charge is 0.493 e. The van der Waals surface area contributed by atoms with Crippen LogP contribution in [-0.4, -0.2) is 12.7 Å². The highest BCUT2D eigenvalue weighted by Gasteiger charge is 2.23. The summed E-state index contributed by atoms with van der Waals surface area (Å²) in [7, 11) is 0. The molecule has 0 saturated heterocycles. The van der Waals surface area contributed by atoms with E-state index in [4.69, 9.17) is 9.47 Å². The second-order valence-corrected chi connectivity index (χ2v) is 5.99. The molecule has 1 atom stereocenters. The van der Waals surface area contributed by atoms with Crippen molar-refractivity contribution in [3.8, 4) is 5.75 Å². The Morgan fingerprint density at radius 2 is 2.09 bits per heavy atom. The summed E-state index contributed by atoms with van der Waals surface area (Å²) in [5, 5.41) is 2.91. The maximum Gasteiger partial charge on any atom is 0.407 e. The number of benzene rings is 2. The Labute approximate surface area is 137 Å². The predicted molar refractivity (Wildman–Crippen MR) is 86.8 cm³/mol.